The van der Waals surface area contributed by atoms with E-state index >= 15 is 0 Å². The highest BCUT2D eigenvalue weighted by Crippen LogP contribution is 2.45. The van der Waals surface area contributed by atoms with Crippen molar-refractivity contribution in [3.63, 3.8) is 0 Å². The average molecular weight is 1510 g/mol. The highest BCUT2D eigenvalue weighted by Gasteiger charge is 2.30. The molecule has 104 heavy (non-hydrogen) atoms. The summed E-state index contributed by atoms with van der Waals surface area (Å²) in [5, 5.41) is 10.7. The third-order valence-electron chi connectivity index (χ3n) is 17.8. The molecule has 0 spiro atoms. The maximum atomic E-state index is 13.1. The molecule has 0 aliphatic heterocycles. The molecule has 0 aromatic carbocycles. The van der Waals surface area contributed by atoms with Gasteiger partial charge in [-0.1, -0.05) is 312 Å². The molecular formula is C85H152O17P2. The lowest BCUT2D eigenvalue weighted by molar-refractivity contribution is -0.161. The predicted molar refractivity (Wildman–Crippen MR) is 427 cm³/mol. The fourth-order valence-electron chi connectivity index (χ4n) is 11.5. The summed E-state index contributed by atoms with van der Waals surface area (Å²) in [5.41, 5.74) is 0. The maximum absolute atomic E-state index is 13.1. The summed E-state index contributed by atoms with van der Waals surface area (Å²) in [4.78, 5) is 73.1. The Labute approximate surface area is 634 Å². The number of esters is 4. The quantitative estimate of drug-likeness (QED) is 0.0169. The molecule has 0 heterocycles. The molecule has 3 N–H and O–H groups in total. The molecule has 0 aromatic rings. The number of unbranched alkanes of at least 4 members (excludes halogenated alkanes) is 39. The van der Waals surface area contributed by atoms with Gasteiger partial charge in [-0.25, -0.2) is 9.13 Å². The summed E-state index contributed by atoms with van der Waals surface area (Å²) in [5.74, 6) is -2.20. The second-order valence-corrected chi connectivity index (χ2v) is 30.9. The molecule has 0 bridgehead atoms. The van der Waals surface area contributed by atoms with E-state index in [-0.39, 0.29) is 25.7 Å². The van der Waals surface area contributed by atoms with Crippen LogP contribution in [0.4, 0.5) is 0 Å². The first-order valence-electron chi connectivity index (χ1n) is 41.8. The van der Waals surface area contributed by atoms with Gasteiger partial charge < -0.3 is 33.8 Å². The second kappa shape index (κ2) is 77.4. The number of hydrogen-bond donors (Lipinski definition) is 3. The van der Waals surface area contributed by atoms with Gasteiger partial charge in [-0.05, 0) is 122 Å². The van der Waals surface area contributed by atoms with Crippen LogP contribution in [0.5, 0.6) is 0 Å². The second-order valence-electron chi connectivity index (χ2n) is 28.0. The van der Waals surface area contributed by atoms with E-state index in [1.165, 1.54) is 141 Å². The Morgan fingerprint density at radius 1 is 0.279 bits per heavy atom. The highest BCUT2D eigenvalue weighted by molar-refractivity contribution is 7.47. The van der Waals surface area contributed by atoms with Crippen LogP contribution in [0.25, 0.3) is 0 Å². The van der Waals surface area contributed by atoms with E-state index in [1.807, 2.05) is 0 Å². The Kier molecular flexibility index (Phi) is 74.6. The van der Waals surface area contributed by atoms with E-state index < -0.39 is 97.5 Å². The molecular weight excluding hydrogens is 1350 g/mol. The van der Waals surface area contributed by atoms with Crippen molar-refractivity contribution in [3.05, 3.63) is 85.1 Å². The van der Waals surface area contributed by atoms with E-state index in [4.69, 9.17) is 37.0 Å². The maximum Gasteiger partial charge on any atom is 0.472 e. The zero-order valence-corrected chi connectivity index (χ0v) is 68.0. The lowest BCUT2D eigenvalue weighted by Crippen LogP contribution is -2.30. The van der Waals surface area contributed by atoms with Gasteiger partial charge in [-0.15, -0.1) is 0 Å². The zero-order valence-electron chi connectivity index (χ0n) is 66.2. The first-order valence-corrected chi connectivity index (χ1v) is 44.8. The SMILES string of the molecule is CC/C=C\C/C=C\C/C=C\C/C=C\C/C=C\CCCCCC(=O)O[C@H](COC(=O)CCCCCCCCC/C=C\CCCCCC)COP(=O)(O)OC[C@H](O)COP(=O)(O)OC[C@@H](COC(=O)CCCCCCC/C=C\CCCCCCCC)OC(=O)CCCCCCCCCCCCCCCCC. The molecule has 0 aliphatic carbocycles. The third-order valence-corrected chi connectivity index (χ3v) is 19.7. The van der Waals surface area contributed by atoms with Gasteiger partial charge >= 0.3 is 39.5 Å². The summed E-state index contributed by atoms with van der Waals surface area (Å²) < 4.78 is 68.7. The monoisotopic (exact) mass is 1510 g/mol. The number of ether oxygens (including phenoxy) is 4. The lowest BCUT2D eigenvalue weighted by atomic mass is 10.0. The van der Waals surface area contributed by atoms with Crippen LogP contribution in [0.15, 0.2) is 85.1 Å². The minimum atomic E-state index is -4.99. The van der Waals surface area contributed by atoms with Crippen molar-refractivity contribution in [2.75, 3.05) is 39.6 Å². The van der Waals surface area contributed by atoms with Crippen molar-refractivity contribution >= 4 is 39.5 Å². The summed E-state index contributed by atoms with van der Waals surface area (Å²) in [6.45, 7) is 4.77. The molecule has 0 saturated heterocycles. The minimum Gasteiger partial charge on any atom is -0.462 e. The lowest BCUT2D eigenvalue weighted by Gasteiger charge is -2.21. The van der Waals surface area contributed by atoms with Crippen LogP contribution in [-0.2, 0) is 65.4 Å². The summed E-state index contributed by atoms with van der Waals surface area (Å²) in [6, 6.07) is 0. The first-order chi connectivity index (χ1) is 50.7. The molecule has 0 aliphatic rings. The number of phosphoric ester groups is 2. The smallest absolute Gasteiger partial charge is 0.462 e. The molecule has 0 amide bonds. The molecule has 19 heteroatoms. The van der Waals surface area contributed by atoms with Crippen molar-refractivity contribution in [2.45, 2.75) is 393 Å². The third kappa shape index (κ3) is 76.4. The van der Waals surface area contributed by atoms with Crippen molar-refractivity contribution in [1.29, 1.82) is 0 Å². The van der Waals surface area contributed by atoms with Gasteiger partial charge in [-0.3, -0.25) is 37.3 Å². The normalized spacial score (nSPS) is 14.3. The van der Waals surface area contributed by atoms with Gasteiger partial charge in [-0.2, -0.15) is 0 Å². The Balaban J connectivity index is 5.38. The van der Waals surface area contributed by atoms with Gasteiger partial charge in [0.15, 0.2) is 12.2 Å². The molecule has 604 valence electrons. The van der Waals surface area contributed by atoms with Gasteiger partial charge in [0, 0.05) is 25.7 Å². The van der Waals surface area contributed by atoms with Crippen molar-refractivity contribution in [1.82, 2.24) is 0 Å². The van der Waals surface area contributed by atoms with Gasteiger partial charge in [0.2, 0.25) is 0 Å². The van der Waals surface area contributed by atoms with Gasteiger partial charge in [0.05, 0.1) is 26.4 Å². The molecule has 2 unspecified atom stereocenters. The topological polar surface area (TPSA) is 237 Å². The Bertz CT molecular complexity index is 2300. The van der Waals surface area contributed by atoms with Crippen molar-refractivity contribution in [2.24, 2.45) is 0 Å². The molecule has 17 nitrogen and oxygen atoms in total. The van der Waals surface area contributed by atoms with E-state index in [0.29, 0.717) is 25.7 Å². The van der Waals surface area contributed by atoms with Gasteiger partial charge in [0.1, 0.15) is 19.3 Å². The fraction of sp³-hybridized carbons (Fsp3) is 0.788. The number of rotatable bonds is 79. The molecule has 0 aromatic heterocycles. The number of carbonyl (C=O) groups is 4. The van der Waals surface area contributed by atoms with Gasteiger partial charge in [0.25, 0.3) is 0 Å². The van der Waals surface area contributed by atoms with Crippen LogP contribution in [0.1, 0.15) is 374 Å². The highest BCUT2D eigenvalue weighted by atomic mass is 31.2. The van der Waals surface area contributed by atoms with E-state index in [2.05, 4.69) is 113 Å². The fourth-order valence-corrected chi connectivity index (χ4v) is 13.1. The predicted octanol–water partition coefficient (Wildman–Crippen LogP) is 24.6. The number of hydrogen-bond acceptors (Lipinski definition) is 15. The Morgan fingerprint density at radius 3 is 0.798 bits per heavy atom. The van der Waals surface area contributed by atoms with E-state index in [9.17, 15) is 43.2 Å². The summed E-state index contributed by atoms with van der Waals surface area (Å²) >= 11 is 0. The van der Waals surface area contributed by atoms with Crippen LogP contribution in [-0.4, -0.2) is 96.7 Å². The minimum absolute atomic E-state index is 0.0565. The summed E-state index contributed by atoms with van der Waals surface area (Å²) in [6.07, 6.45) is 81.2. The number of aliphatic hydroxyl groups excluding tert-OH is 1. The standard InChI is InChI=1S/C85H152O17P2/c1-5-9-13-17-21-25-29-33-37-38-39-40-44-48-52-56-60-64-68-72-85(90)102-81(76-96-83(88)70-66-62-58-54-50-46-42-35-31-27-23-19-15-11-7-3)78-100-104(93,94)98-74-79(86)73-97-103(91,92)99-77-80(101-84(89)71-67-63-59-55-51-47-43-36-32-28-24-20-16-12-8-4)75-95-82(87)69-65-61-57-53-49-45-41-34-30-26-22-18-14-10-6-2/h9,13,21,25,27,31,33-34,37,39-41,48,52,79-81,86H,5-8,10-12,14-20,22-24,26,28-30,32,35-36,38,42-47,49-51,53-78H2,1-4H3,(H,91,92)(H,93,94)/b13-9-,25-21-,31-27-,37-33-,40-39-,41-34-,52-48-/t79-,80-,81-/m1/s1. The van der Waals surface area contributed by atoms with E-state index in [0.717, 1.165) is 154 Å². The Morgan fingerprint density at radius 2 is 0.500 bits per heavy atom. The van der Waals surface area contributed by atoms with Crippen LogP contribution in [0.2, 0.25) is 0 Å². The van der Waals surface area contributed by atoms with Crippen LogP contribution in [0, 0.1) is 0 Å². The number of aliphatic hydroxyl groups is 1. The number of carbonyl (C=O) groups excluding carboxylic acids is 4. The summed E-state index contributed by atoms with van der Waals surface area (Å²) in [7, 11) is -9.96. The Hall–Kier alpha value is -3.76. The average Bonchev–Trinajstić information content (AvgIpc) is 0.943. The van der Waals surface area contributed by atoms with Crippen molar-refractivity contribution in [3.8, 4) is 0 Å². The van der Waals surface area contributed by atoms with Crippen LogP contribution < -0.4 is 0 Å². The molecule has 0 saturated carbocycles. The van der Waals surface area contributed by atoms with Crippen LogP contribution in [0.3, 0.4) is 0 Å². The largest absolute Gasteiger partial charge is 0.472 e. The van der Waals surface area contributed by atoms with E-state index in [1.54, 1.807) is 0 Å². The molecule has 5 atom stereocenters. The number of phosphoric acid groups is 2. The zero-order chi connectivity index (χ0) is 76.0. The van der Waals surface area contributed by atoms with Crippen LogP contribution >= 0.6 is 15.6 Å². The molecule has 0 fully saturated rings. The first kappa shape index (κ1) is 100. The number of allylic oxidation sites excluding steroid dienone is 14. The van der Waals surface area contributed by atoms with Crippen molar-refractivity contribution < 1.29 is 80.2 Å². The molecule has 0 rings (SSSR count). The molecule has 0 radical (unpaired) electrons.